The molecule has 1 N–H and O–H groups in total. The Hall–Kier alpha value is -2.59. The number of aromatic carboxylic acids is 1. The number of hydrogen-bond donors (Lipinski definition) is 1. The minimum Gasteiger partial charge on any atom is -0.478 e. The molecule has 1 aromatic carbocycles. The maximum Gasteiger partial charge on any atom is 0.338 e. The summed E-state index contributed by atoms with van der Waals surface area (Å²) in [4.78, 5) is 14.9. The fourth-order valence-electron chi connectivity index (χ4n) is 1.69. The molecule has 1 atom stereocenters. The van der Waals surface area contributed by atoms with E-state index < -0.39 is 28.1 Å². The Balaban J connectivity index is 2.31. The first-order valence-electron chi connectivity index (χ1n) is 5.78. The van der Waals surface area contributed by atoms with E-state index in [2.05, 4.69) is 4.98 Å². The van der Waals surface area contributed by atoms with Gasteiger partial charge in [0.05, 0.1) is 22.1 Å². The van der Waals surface area contributed by atoms with Crippen LogP contribution in [0.1, 0.15) is 21.6 Å². The third-order valence-electron chi connectivity index (χ3n) is 2.71. The monoisotopic (exact) mass is 304 g/mol. The molecule has 0 saturated carbocycles. The van der Waals surface area contributed by atoms with Crippen molar-refractivity contribution < 1.29 is 18.5 Å². The number of halogens is 1. The van der Waals surface area contributed by atoms with Crippen LogP contribution in [0, 0.1) is 17.1 Å². The average molecular weight is 304 g/mol. The lowest BCUT2D eigenvalue weighted by atomic mass is 10.2. The fourth-order valence-corrected chi connectivity index (χ4v) is 2.84. The van der Waals surface area contributed by atoms with Crippen LogP contribution in [0.2, 0.25) is 0 Å². The van der Waals surface area contributed by atoms with Crippen molar-refractivity contribution in [3.05, 3.63) is 59.2 Å². The number of carboxylic acids is 1. The van der Waals surface area contributed by atoms with E-state index in [1.807, 2.05) is 6.07 Å². The van der Waals surface area contributed by atoms with Crippen molar-refractivity contribution >= 4 is 16.8 Å². The number of nitriles is 1. The van der Waals surface area contributed by atoms with Crippen LogP contribution in [0.15, 0.2) is 41.4 Å². The molecule has 0 bridgehead atoms. The normalized spacial score (nSPS) is 11.6. The molecule has 2 rings (SSSR count). The molecule has 0 aliphatic carbocycles. The molecule has 7 heteroatoms. The van der Waals surface area contributed by atoms with Gasteiger partial charge in [-0.25, -0.2) is 14.2 Å². The van der Waals surface area contributed by atoms with E-state index in [1.165, 1.54) is 12.3 Å². The number of nitrogens with zero attached hydrogens (tertiary/aromatic N) is 2. The summed E-state index contributed by atoms with van der Waals surface area (Å²) in [6, 6.07) is 8.38. The van der Waals surface area contributed by atoms with Gasteiger partial charge in [0.1, 0.15) is 17.6 Å². The summed E-state index contributed by atoms with van der Waals surface area (Å²) in [5.74, 6) is -2.31. The highest BCUT2D eigenvalue weighted by molar-refractivity contribution is 7.84. The van der Waals surface area contributed by atoms with Gasteiger partial charge in [-0.1, -0.05) is 6.07 Å². The van der Waals surface area contributed by atoms with Crippen molar-refractivity contribution in [2.24, 2.45) is 0 Å². The van der Waals surface area contributed by atoms with Gasteiger partial charge in [0.25, 0.3) is 0 Å². The highest BCUT2D eigenvalue weighted by Gasteiger charge is 2.15. The second-order valence-electron chi connectivity index (χ2n) is 4.06. The molecule has 21 heavy (non-hydrogen) atoms. The van der Waals surface area contributed by atoms with Gasteiger partial charge in [-0.15, -0.1) is 0 Å². The lowest BCUT2D eigenvalue weighted by molar-refractivity contribution is 0.0691. The maximum absolute atomic E-state index is 13.3. The highest BCUT2D eigenvalue weighted by Crippen LogP contribution is 2.17. The molecule has 106 valence electrons. The van der Waals surface area contributed by atoms with E-state index in [0.717, 1.165) is 12.1 Å². The molecule has 0 aliphatic rings. The Kier molecular flexibility index (Phi) is 4.40. The number of rotatable bonds is 4. The van der Waals surface area contributed by atoms with Crippen LogP contribution in [0.25, 0.3) is 0 Å². The summed E-state index contributed by atoms with van der Waals surface area (Å²) in [5, 5.41) is 17.8. The first-order chi connectivity index (χ1) is 10.0. The average Bonchev–Trinajstić information content (AvgIpc) is 2.47. The smallest absolute Gasteiger partial charge is 0.338 e. The molecule has 1 unspecified atom stereocenters. The molecule has 0 aliphatic heterocycles. The SMILES string of the molecule is N#Cc1ncccc1CS(=O)c1ccc(F)c(C(=O)O)c1. The van der Waals surface area contributed by atoms with Crippen molar-refractivity contribution in [2.45, 2.75) is 10.6 Å². The van der Waals surface area contributed by atoms with Crippen molar-refractivity contribution in [1.29, 1.82) is 5.26 Å². The van der Waals surface area contributed by atoms with Gasteiger partial charge in [0, 0.05) is 16.7 Å². The van der Waals surface area contributed by atoms with Gasteiger partial charge in [-0.3, -0.25) is 4.21 Å². The predicted octanol–water partition coefficient (Wildman–Crippen LogP) is 2.10. The first-order valence-corrected chi connectivity index (χ1v) is 7.10. The third-order valence-corrected chi connectivity index (χ3v) is 4.07. The zero-order valence-corrected chi connectivity index (χ0v) is 11.4. The maximum atomic E-state index is 13.3. The van der Waals surface area contributed by atoms with Crippen LogP contribution in [-0.2, 0) is 16.6 Å². The lowest BCUT2D eigenvalue weighted by Crippen LogP contribution is -2.05. The molecule has 1 heterocycles. The molecule has 0 fully saturated rings. The van der Waals surface area contributed by atoms with Crippen molar-refractivity contribution in [2.75, 3.05) is 0 Å². The van der Waals surface area contributed by atoms with Crippen LogP contribution >= 0.6 is 0 Å². The molecule has 0 saturated heterocycles. The topological polar surface area (TPSA) is 91.0 Å². The van der Waals surface area contributed by atoms with E-state index in [4.69, 9.17) is 10.4 Å². The number of benzene rings is 1. The van der Waals surface area contributed by atoms with Crippen LogP contribution in [0.4, 0.5) is 4.39 Å². The van der Waals surface area contributed by atoms with E-state index in [-0.39, 0.29) is 16.3 Å². The number of pyridine rings is 1. The standard InChI is InChI=1S/C14H9FN2O3S/c15-12-4-3-10(6-11(12)14(18)19)21(20)8-9-2-1-5-17-13(9)7-16/h1-6H,8H2,(H,18,19). The van der Waals surface area contributed by atoms with Gasteiger partial charge in [-0.2, -0.15) is 5.26 Å². The second-order valence-corrected chi connectivity index (χ2v) is 5.51. The summed E-state index contributed by atoms with van der Waals surface area (Å²) in [6.07, 6.45) is 1.45. The van der Waals surface area contributed by atoms with Gasteiger partial charge >= 0.3 is 5.97 Å². The van der Waals surface area contributed by atoms with E-state index >= 15 is 0 Å². The van der Waals surface area contributed by atoms with Crippen molar-refractivity contribution in [3.8, 4) is 6.07 Å². The third kappa shape index (κ3) is 3.30. The quantitative estimate of drug-likeness (QED) is 0.934. The Bertz CT molecular complexity index is 771. The largest absolute Gasteiger partial charge is 0.478 e. The second kappa shape index (κ2) is 6.24. The van der Waals surface area contributed by atoms with E-state index in [1.54, 1.807) is 12.1 Å². The summed E-state index contributed by atoms with van der Waals surface area (Å²) in [6.45, 7) is 0. The Labute approximate surface area is 122 Å². The zero-order valence-electron chi connectivity index (χ0n) is 10.6. The van der Waals surface area contributed by atoms with Crippen molar-refractivity contribution in [1.82, 2.24) is 4.98 Å². The van der Waals surface area contributed by atoms with Crippen LogP contribution in [0.3, 0.4) is 0 Å². The Morgan fingerprint density at radius 3 is 2.86 bits per heavy atom. The first kappa shape index (κ1) is 14.8. The van der Waals surface area contributed by atoms with Gasteiger partial charge in [-0.05, 0) is 24.3 Å². The summed E-state index contributed by atoms with van der Waals surface area (Å²) in [7, 11) is -1.60. The number of hydrogen-bond acceptors (Lipinski definition) is 4. The Morgan fingerprint density at radius 1 is 1.43 bits per heavy atom. The predicted molar refractivity (Wildman–Crippen MR) is 72.4 cm³/mol. The summed E-state index contributed by atoms with van der Waals surface area (Å²) < 4.78 is 25.5. The molecule has 1 aromatic heterocycles. The lowest BCUT2D eigenvalue weighted by Gasteiger charge is -2.05. The number of carbonyl (C=O) groups is 1. The molecule has 0 radical (unpaired) electrons. The number of carboxylic acid groups (broad SMARTS) is 1. The van der Waals surface area contributed by atoms with Crippen molar-refractivity contribution in [3.63, 3.8) is 0 Å². The zero-order chi connectivity index (χ0) is 15.4. The van der Waals surface area contributed by atoms with Gasteiger partial charge in [0.15, 0.2) is 0 Å². The molecule has 0 spiro atoms. The number of aromatic nitrogens is 1. The summed E-state index contributed by atoms with van der Waals surface area (Å²) >= 11 is 0. The van der Waals surface area contributed by atoms with E-state index in [9.17, 15) is 13.4 Å². The minimum atomic E-state index is -1.60. The van der Waals surface area contributed by atoms with Crippen LogP contribution in [-0.4, -0.2) is 20.3 Å². The Morgan fingerprint density at radius 2 is 2.19 bits per heavy atom. The minimum absolute atomic E-state index is 0.00141. The molecule has 0 amide bonds. The molecular formula is C14H9FN2O3S. The van der Waals surface area contributed by atoms with Gasteiger partial charge in [0.2, 0.25) is 0 Å². The highest BCUT2D eigenvalue weighted by atomic mass is 32.2. The van der Waals surface area contributed by atoms with Gasteiger partial charge < -0.3 is 5.11 Å². The molecule has 5 nitrogen and oxygen atoms in total. The fraction of sp³-hybridized carbons (Fsp3) is 0.0714. The van der Waals surface area contributed by atoms with Crippen LogP contribution < -0.4 is 0 Å². The molecule has 2 aromatic rings. The summed E-state index contributed by atoms with van der Waals surface area (Å²) in [5.41, 5.74) is 0.110. The molecular weight excluding hydrogens is 295 g/mol. The van der Waals surface area contributed by atoms with E-state index in [0.29, 0.717) is 5.56 Å². The van der Waals surface area contributed by atoms with Crippen LogP contribution in [0.5, 0.6) is 0 Å².